The molecule has 6 nitrogen and oxygen atoms in total. The Morgan fingerprint density at radius 3 is 2.50 bits per heavy atom. The number of rotatable bonds is 2. The van der Waals surface area contributed by atoms with Gasteiger partial charge in [0.1, 0.15) is 11.7 Å². The van der Waals surface area contributed by atoms with E-state index in [4.69, 9.17) is 4.74 Å². The maximum atomic E-state index is 13.0. The largest absolute Gasteiger partial charge is 0.444 e. The Morgan fingerprint density at radius 2 is 1.92 bits per heavy atom. The van der Waals surface area contributed by atoms with E-state index < -0.39 is 5.60 Å². The molecule has 2 bridgehead atoms. The molecule has 1 aromatic heterocycles. The van der Waals surface area contributed by atoms with Crippen LogP contribution >= 0.6 is 0 Å². The van der Waals surface area contributed by atoms with Crippen molar-refractivity contribution in [1.82, 2.24) is 9.88 Å². The molecule has 2 aliphatic rings. The number of nitriles is 1. The lowest BCUT2D eigenvalue weighted by Gasteiger charge is -2.48. The van der Waals surface area contributed by atoms with Crippen LogP contribution in [0.1, 0.15) is 68.9 Å². The monoisotopic (exact) mass is 355 g/mol. The van der Waals surface area contributed by atoms with Crippen LogP contribution in [0.2, 0.25) is 0 Å². The van der Waals surface area contributed by atoms with E-state index in [2.05, 4.69) is 4.98 Å². The fourth-order valence-electron chi connectivity index (χ4n) is 4.12. The Kier molecular flexibility index (Phi) is 4.99. The number of fused-ring (bicyclic) bond motifs is 2. The van der Waals surface area contributed by atoms with Crippen molar-refractivity contribution in [3.63, 3.8) is 0 Å². The van der Waals surface area contributed by atoms with Crippen molar-refractivity contribution in [1.29, 1.82) is 5.26 Å². The van der Waals surface area contributed by atoms with Gasteiger partial charge >= 0.3 is 6.09 Å². The molecule has 1 amide bonds. The van der Waals surface area contributed by atoms with E-state index in [1.807, 2.05) is 31.7 Å². The smallest absolute Gasteiger partial charge is 0.410 e. The van der Waals surface area contributed by atoms with Crippen molar-refractivity contribution >= 4 is 11.9 Å². The Hall–Kier alpha value is -2.42. The van der Waals surface area contributed by atoms with Crippen LogP contribution in [0.15, 0.2) is 18.3 Å². The van der Waals surface area contributed by atoms with E-state index in [-0.39, 0.29) is 35.6 Å². The van der Waals surface area contributed by atoms with Crippen LogP contribution in [0.25, 0.3) is 0 Å². The average Bonchev–Trinajstić information content (AvgIpc) is 2.58. The second-order valence-electron chi connectivity index (χ2n) is 8.17. The first-order valence-electron chi connectivity index (χ1n) is 9.21. The molecule has 0 N–H and O–H groups in total. The summed E-state index contributed by atoms with van der Waals surface area (Å²) in [6, 6.07) is 5.40. The number of piperidine rings is 2. The van der Waals surface area contributed by atoms with Crippen molar-refractivity contribution in [2.24, 2.45) is 5.92 Å². The van der Waals surface area contributed by atoms with Crippen LogP contribution in [0, 0.1) is 17.2 Å². The summed E-state index contributed by atoms with van der Waals surface area (Å²) < 4.78 is 5.58. The number of nitrogens with zero attached hydrogens (tertiary/aromatic N) is 3. The number of hydrogen-bond acceptors (Lipinski definition) is 5. The zero-order chi connectivity index (χ0) is 18.9. The van der Waals surface area contributed by atoms with Crippen LogP contribution in [0.4, 0.5) is 4.79 Å². The minimum absolute atomic E-state index is 0.0218. The van der Waals surface area contributed by atoms with Gasteiger partial charge in [-0.15, -0.1) is 0 Å². The summed E-state index contributed by atoms with van der Waals surface area (Å²) in [4.78, 5) is 31.5. The Bertz CT molecular complexity index is 733. The van der Waals surface area contributed by atoms with Gasteiger partial charge in [0.15, 0.2) is 11.5 Å². The van der Waals surface area contributed by atoms with Crippen LogP contribution in [0.5, 0.6) is 0 Å². The highest BCUT2D eigenvalue weighted by atomic mass is 16.6. The molecule has 2 fully saturated rings. The second kappa shape index (κ2) is 7.06. The molecule has 0 radical (unpaired) electrons. The summed E-state index contributed by atoms with van der Waals surface area (Å²) in [6.07, 6.45) is 5.32. The number of ether oxygens (including phenoxy) is 1. The maximum Gasteiger partial charge on any atom is 0.410 e. The normalized spacial score (nSPS) is 25.3. The summed E-state index contributed by atoms with van der Waals surface area (Å²) in [6.45, 7) is 5.59. The lowest BCUT2D eigenvalue weighted by molar-refractivity contribution is -0.0260. The molecule has 2 saturated heterocycles. The van der Waals surface area contributed by atoms with Gasteiger partial charge in [-0.3, -0.25) is 4.79 Å². The fraction of sp³-hybridized carbons (Fsp3) is 0.600. The zero-order valence-electron chi connectivity index (χ0n) is 15.6. The molecular formula is C20H25N3O3. The number of Topliss-reactive ketones (excluding diaryl/α,β-unsaturated/α-hetero) is 1. The zero-order valence-corrected chi connectivity index (χ0v) is 15.6. The standard InChI is InChI=1S/C20H25N3O3/c1-20(2,3)26-19(25)23-14-6-4-7-15(23)11-13(10-14)18(24)16-8-5-9-22-17(16)12-21/h5,8-9,13-15H,4,6-7,10-11H2,1-3H3. The van der Waals surface area contributed by atoms with E-state index >= 15 is 0 Å². The number of aromatic nitrogens is 1. The Balaban J connectivity index is 1.78. The molecule has 0 saturated carbocycles. The van der Waals surface area contributed by atoms with Crippen LogP contribution < -0.4 is 0 Å². The molecule has 3 heterocycles. The molecule has 0 spiro atoms. The quantitative estimate of drug-likeness (QED) is 0.755. The van der Waals surface area contributed by atoms with Crippen molar-refractivity contribution in [3.8, 4) is 6.07 Å². The van der Waals surface area contributed by atoms with Gasteiger partial charge < -0.3 is 9.64 Å². The predicted molar refractivity (Wildman–Crippen MR) is 95.5 cm³/mol. The number of hydrogen-bond donors (Lipinski definition) is 0. The fourth-order valence-corrected chi connectivity index (χ4v) is 4.12. The van der Waals surface area contributed by atoms with Gasteiger partial charge in [0.25, 0.3) is 0 Å². The van der Waals surface area contributed by atoms with Gasteiger partial charge in [0, 0.05) is 24.2 Å². The van der Waals surface area contributed by atoms with Gasteiger partial charge in [-0.2, -0.15) is 5.26 Å². The van der Waals surface area contributed by atoms with Gasteiger partial charge in [-0.05, 0) is 65.0 Å². The molecule has 3 rings (SSSR count). The van der Waals surface area contributed by atoms with Crippen LogP contribution in [-0.2, 0) is 4.74 Å². The van der Waals surface area contributed by atoms with Gasteiger partial charge in [0.2, 0.25) is 0 Å². The Labute approximate surface area is 154 Å². The molecule has 1 aromatic rings. The highest BCUT2D eigenvalue weighted by molar-refractivity contribution is 5.99. The highest BCUT2D eigenvalue weighted by Gasteiger charge is 2.44. The topological polar surface area (TPSA) is 83.3 Å². The molecule has 2 unspecified atom stereocenters. The van der Waals surface area contributed by atoms with Crippen molar-refractivity contribution < 1.29 is 14.3 Å². The summed E-state index contributed by atoms with van der Waals surface area (Å²) >= 11 is 0. The molecule has 26 heavy (non-hydrogen) atoms. The molecule has 6 heteroatoms. The van der Waals surface area contributed by atoms with E-state index in [1.165, 1.54) is 6.20 Å². The summed E-state index contributed by atoms with van der Waals surface area (Å²) in [7, 11) is 0. The van der Waals surface area contributed by atoms with Crippen molar-refractivity contribution in [2.45, 2.75) is 70.6 Å². The van der Waals surface area contributed by atoms with E-state index in [1.54, 1.807) is 12.1 Å². The highest BCUT2D eigenvalue weighted by Crippen LogP contribution is 2.39. The van der Waals surface area contributed by atoms with Gasteiger partial charge in [-0.25, -0.2) is 9.78 Å². The lowest BCUT2D eigenvalue weighted by Crippen LogP contribution is -2.56. The molecule has 0 aliphatic carbocycles. The average molecular weight is 355 g/mol. The molecule has 2 atom stereocenters. The number of carbonyl (C=O) groups excluding carboxylic acids is 2. The number of amides is 1. The van der Waals surface area contributed by atoms with E-state index in [0.29, 0.717) is 18.4 Å². The summed E-state index contributed by atoms with van der Waals surface area (Å²) in [5.41, 5.74) is 0.0381. The number of pyridine rings is 1. The van der Waals surface area contributed by atoms with E-state index in [9.17, 15) is 14.9 Å². The van der Waals surface area contributed by atoms with Gasteiger partial charge in [-0.1, -0.05) is 0 Å². The first-order chi connectivity index (χ1) is 12.3. The first kappa shape index (κ1) is 18.4. The van der Waals surface area contributed by atoms with Crippen molar-refractivity contribution in [2.75, 3.05) is 0 Å². The molecule has 0 aromatic carbocycles. The SMILES string of the molecule is CC(C)(C)OC(=O)N1C2CCCC1CC(C(=O)c1cccnc1C#N)C2. The van der Waals surface area contributed by atoms with E-state index in [0.717, 1.165) is 19.3 Å². The van der Waals surface area contributed by atoms with Crippen LogP contribution in [-0.4, -0.2) is 39.4 Å². The lowest BCUT2D eigenvalue weighted by atomic mass is 9.75. The second-order valence-corrected chi connectivity index (χ2v) is 8.17. The van der Waals surface area contributed by atoms with Crippen molar-refractivity contribution in [3.05, 3.63) is 29.6 Å². The predicted octanol–water partition coefficient (Wildman–Crippen LogP) is 3.70. The Morgan fingerprint density at radius 1 is 1.27 bits per heavy atom. The summed E-state index contributed by atoms with van der Waals surface area (Å²) in [5.74, 6) is -0.212. The van der Waals surface area contributed by atoms with Crippen LogP contribution in [0.3, 0.4) is 0 Å². The molecule has 2 aliphatic heterocycles. The minimum Gasteiger partial charge on any atom is -0.444 e. The maximum absolute atomic E-state index is 13.0. The first-order valence-corrected chi connectivity index (χ1v) is 9.21. The third-order valence-corrected chi connectivity index (χ3v) is 5.13. The molecular weight excluding hydrogens is 330 g/mol. The summed E-state index contributed by atoms with van der Waals surface area (Å²) in [5, 5.41) is 9.22. The third-order valence-electron chi connectivity index (χ3n) is 5.13. The minimum atomic E-state index is -0.532. The van der Waals surface area contributed by atoms with Gasteiger partial charge in [0.05, 0.1) is 5.56 Å². The molecule has 138 valence electrons. The third kappa shape index (κ3) is 3.72. The number of ketones is 1. The number of carbonyl (C=O) groups is 2.